The van der Waals surface area contributed by atoms with Crippen LogP contribution in [0.3, 0.4) is 0 Å². The molecule has 142 valence electrons. The zero-order valence-corrected chi connectivity index (χ0v) is 15.6. The molecule has 0 spiro atoms. The van der Waals surface area contributed by atoms with E-state index in [9.17, 15) is 9.90 Å². The van der Waals surface area contributed by atoms with Crippen molar-refractivity contribution >= 4 is 11.6 Å². The smallest absolute Gasteiger partial charge is 0.236 e. The van der Waals surface area contributed by atoms with Crippen LogP contribution in [0.15, 0.2) is 24.3 Å². The minimum absolute atomic E-state index is 0.305. The van der Waals surface area contributed by atoms with Crippen LogP contribution in [0.25, 0.3) is 0 Å². The number of fused-ring (bicyclic) bond motifs is 1. The molecule has 2 heterocycles. The summed E-state index contributed by atoms with van der Waals surface area (Å²) in [4.78, 5) is 19.5. The van der Waals surface area contributed by atoms with Crippen molar-refractivity contribution in [2.45, 2.75) is 32.1 Å². The van der Waals surface area contributed by atoms with E-state index in [1.165, 1.54) is 32.1 Å². The predicted octanol–water partition coefficient (Wildman–Crippen LogP) is 2.55. The maximum atomic E-state index is 12.8. The number of anilines is 1. The first-order valence-corrected chi connectivity index (χ1v) is 10.2. The minimum atomic E-state index is 0.305. The van der Waals surface area contributed by atoms with Gasteiger partial charge in [-0.3, -0.25) is 9.69 Å². The Bertz CT molecular complexity index is 610. The fourth-order valence-corrected chi connectivity index (χ4v) is 4.95. The number of benzene rings is 1. The number of carbonyl (C=O) groups excluding carboxylic acids is 1. The molecular formula is C21H31N3O2. The molecule has 1 saturated carbocycles. The largest absolute Gasteiger partial charge is 0.508 e. The molecule has 2 aliphatic heterocycles. The molecule has 5 heteroatoms. The van der Waals surface area contributed by atoms with Crippen LogP contribution in [0.4, 0.5) is 5.69 Å². The second kappa shape index (κ2) is 7.87. The second-order valence-corrected chi connectivity index (χ2v) is 8.21. The Hall–Kier alpha value is -1.75. The summed E-state index contributed by atoms with van der Waals surface area (Å²) in [6, 6.07) is 7.40. The number of hydrogen-bond donors (Lipinski definition) is 1. The minimum Gasteiger partial charge on any atom is -0.508 e. The molecule has 0 radical (unpaired) electrons. The lowest BCUT2D eigenvalue weighted by atomic mass is 9.75. The molecule has 0 unspecified atom stereocenters. The van der Waals surface area contributed by atoms with E-state index in [2.05, 4.69) is 14.7 Å². The SMILES string of the molecule is O=C(CN1CCN(c2ccc(O)cc2)CC1)N1CC[C@H]2CCCC[C@H]2C1. The van der Waals surface area contributed by atoms with E-state index in [0.717, 1.165) is 56.8 Å². The van der Waals surface area contributed by atoms with Crippen LogP contribution in [-0.2, 0) is 4.79 Å². The fourth-order valence-electron chi connectivity index (χ4n) is 4.95. The van der Waals surface area contributed by atoms with Crippen LogP contribution in [-0.4, -0.2) is 66.6 Å². The number of phenolic OH excluding ortho intramolecular Hbond substituents is 1. The first-order chi connectivity index (χ1) is 12.7. The van der Waals surface area contributed by atoms with Gasteiger partial charge in [0.15, 0.2) is 0 Å². The molecule has 3 fully saturated rings. The molecule has 1 aliphatic carbocycles. The Labute approximate surface area is 156 Å². The number of carbonyl (C=O) groups is 1. The van der Waals surface area contributed by atoms with E-state index in [0.29, 0.717) is 18.2 Å². The first-order valence-electron chi connectivity index (χ1n) is 10.2. The third-order valence-corrected chi connectivity index (χ3v) is 6.59. The zero-order chi connectivity index (χ0) is 17.9. The first kappa shape index (κ1) is 17.7. The van der Waals surface area contributed by atoms with E-state index in [-0.39, 0.29) is 0 Å². The summed E-state index contributed by atoms with van der Waals surface area (Å²) in [5.41, 5.74) is 1.15. The van der Waals surface area contributed by atoms with Crippen LogP contribution in [0, 0.1) is 11.8 Å². The summed E-state index contributed by atoms with van der Waals surface area (Å²) < 4.78 is 0. The van der Waals surface area contributed by atoms with Gasteiger partial charge in [-0.25, -0.2) is 0 Å². The summed E-state index contributed by atoms with van der Waals surface area (Å²) in [6.07, 6.45) is 6.65. The van der Waals surface area contributed by atoms with Gasteiger partial charge in [0.1, 0.15) is 5.75 Å². The molecular weight excluding hydrogens is 326 g/mol. The van der Waals surface area contributed by atoms with Gasteiger partial charge in [0.2, 0.25) is 5.91 Å². The van der Waals surface area contributed by atoms with E-state index >= 15 is 0 Å². The number of rotatable bonds is 3. The summed E-state index contributed by atoms with van der Waals surface area (Å²) in [5.74, 6) is 2.27. The van der Waals surface area contributed by atoms with Crippen molar-refractivity contribution in [2.24, 2.45) is 11.8 Å². The molecule has 4 rings (SSSR count). The Morgan fingerprint density at radius 3 is 2.35 bits per heavy atom. The van der Waals surface area contributed by atoms with Gasteiger partial charge in [0.25, 0.3) is 0 Å². The van der Waals surface area contributed by atoms with Crippen molar-refractivity contribution in [1.29, 1.82) is 0 Å². The lowest BCUT2D eigenvalue weighted by molar-refractivity contribution is -0.135. The number of piperidine rings is 1. The molecule has 1 aromatic rings. The molecule has 1 amide bonds. The number of hydrogen-bond acceptors (Lipinski definition) is 4. The maximum absolute atomic E-state index is 12.8. The van der Waals surface area contributed by atoms with Crippen molar-refractivity contribution in [2.75, 3.05) is 50.7 Å². The van der Waals surface area contributed by atoms with Gasteiger partial charge >= 0.3 is 0 Å². The van der Waals surface area contributed by atoms with E-state index in [1.807, 2.05) is 12.1 Å². The van der Waals surface area contributed by atoms with Crippen molar-refractivity contribution in [1.82, 2.24) is 9.80 Å². The summed E-state index contributed by atoms with van der Waals surface area (Å²) in [5, 5.41) is 9.42. The summed E-state index contributed by atoms with van der Waals surface area (Å²) in [6.45, 7) is 6.25. The average Bonchev–Trinajstić information content (AvgIpc) is 2.69. The van der Waals surface area contributed by atoms with Gasteiger partial charge in [0, 0.05) is 45.0 Å². The van der Waals surface area contributed by atoms with E-state index in [4.69, 9.17) is 0 Å². The molecule has 1 aromatic carbocycles. The predicted molar refractivity (Wildman–Crippen MR) is 103 cm³/mol. The third-order valence-electron chi connectivity index (χ3n) is 6.59. The molecule has 0 aromatic heterocycles. The highest BCUT2D eigenvalue weighted by molar-refractivity contribution is 5.78. The highest BCUT2D eigenvalue weighted by Gasteiger charge is 2.33. The van der Waals surface area contributed by atoms with Crippen LogP contribution < -0.4 is 4.90 Å². The lowest BCUT2D eigenvalue weighted by Crippen LogP contribution is -2.52. The maximum Gasteiger partial charge on any atom is 0.236 e. The Kier molecular flexibility index (Phi) is 5.34. The number of piperazine rings is 1. The monoisotopic (exact) mass is 357 g/mol. The Balaban J connectivity index is 1.25. The van der Waals surface area contributed by atoms with Gasteiger partial charge in [-0.2, -0.15) is 0 Å². The van der Waals surface area contributed by atoms with Crippen LogP contribution >= 0.6 is 0 Å². The topological polar surface area (TPSA) is 47.0 Å². The van der Waals surface area contributed by atoms with E-state index < -0.39 is 0 Å². The molecule has 0 bridgehead atoms. The number of amides is 1. The zero-order valence-electron chi connectivity index (χ0n) is 15.6. The fraction of sp³-hybridized carbons (Fsp3) is 0.667. The molecule has 5 nitrogen and oxygen atoms in total. The van der Waals surface area contributed by atoms with Gasteiger partial charge in [-0.15, -0.1) is 0 Å². The number of nitrogens with zero attached hydrogens (tertiary/aromatic N) is 3. The van der Waals surface area contributed by atoms with Crippen molar-refractivity contribution in [3.63, 3.8) is 0 Å². The number of phenols is 1. The number of likely N-dealkylation sites (tertiary alicyclic amines) is 1. The van der Waals surface area contributed by atoms with Crippen LogP contribution in [0.5, 0.6) is 5.75 Å². The van der Waals surface area contributed by atoms with Crippen molar-refractivity contribution in [3.8, 4) is 5.75 Å². The molecule has 2 saturated heterocycles. The quantitative estimate of drug-likeness (QED) is 0.903. The van der Waals surface area contributed by atoms with Crippen LogP contribution in [0.1, 0.15) is 32.1 Å². The summed E-state index contributed by atoms with van der Waals surface area (Å²) >= 11 is 0. The molecule has 3 aliphatic rings. The molecule has 26 heavy (non-hydrogen) atoms. The highest BCUT2D eigenvalue weighted by Crippen LogP contribution is 2.36. The van der Waals surface area contributed by atoms with Gasteiger partial charge in [0.05, 0.1) is 6.54 Å². The van der Waals surface area contributed by atoms with Gasteiger partial charge in [-0.05, 0) is 48.9 Å². The van der Waals surface area contributed by atoms with Crippen LogP contribution in [0.2, 0.25) is 0 Å². The number of aromatic hydroxyl groups is 1. The normalized spacial score (nSPS) is 27.2. The standard InChI is InChI=1S/C21H31N3O2/c25-20-7-5-19(6-8-20)23-13-11-22(12-14-23)16-21(26)24-10-9-17-3-1-2-4-18(17)15-24/h5-8,17-18,25H,1-4,9-16H2/t17-,18+/m1/s1. The average molecular weight is 357 g/mol. The highest BCUT2D eigenvalue weighted by atomic mass is 16.3. The Morgan fingerprint density at radius 1 is 0.923 bits per heavy atom. The molecule has 2 atom stereocenters. The van der Waals surface area contributed by atoms with Crippen molar-refractivity contribution in [3.05, 3.63) is 24.3 Å². The van der Waals surface area contributed by atoms with Gasteiger partial charge < -0.3 is 14.9 Å². The van der Waals surface area contributed by atoms with Gasteiger partial charge in [-0.1, -0.05) is 19.3 Å². The van der Waals surface area contributed by atoms with E-state index in [1.54, 1.807) is 12.1 Å². The lowest BCUT2D eigenvalue weighted by Gasteiger charge is -2.42. The van der Waals surface area contributed by atoms with Crippen molar-refractivity contribution < 1.29 is 9.90 Å². The second-order valence-electron chi connectivity index (χ2n) is 8.21. The molecule has 1 N–H and O–H groups in total. The summed E-state index contributed by atoms with van der Waals surface area (Å²) in [7, 11) is 0. The Morgan fingerprint density at radius 2 is 1.62 bits per heavy atom. The third kappa shape index (κ3) is 3.98.